The Morgan fingerprint density at radius 1 is 1.07 bits per heavy atom. The average molecular weight is 594 g/mol. The highest BCUT2D eigenvalue weighted by molar-refractivity contribution is 6.42. The molecule has 212 valence electrons. The molecule has 0 unspecified atom stereocenters. The van der Waals surface area contributed by atoms with E-state index in [4.69, 9.17) is 32.4 Å². The number of alkyl halides is 2. The van der Waals surface area contributed by atoms with Gasteiger partial charge in [-0.05, 0) is 63.4 Å². The molecule has 0 atom stereocenters. The zero-order chi connectivity index (χ0) is 28.8. The fourth-order valence-electron chi connectivity index (χ4n) is 4.78. The number of fused-ring (bicyclic) bond motifs is 1. The quantitative estimate of drug-likeness (QED) is 0.255. The van der Waals surface area contributed by atoms with Crippen molar-refractivity contribution in [3.8, 4) is 11.5 Å². The van der Waals surface area contributed by atoms with Crippen LogP contribution < -0.4 is 5.69 Å². The van der Waals surface area contributed by atoms with E-state index in [0.29, 0.717) is 52.6 Å². The van der Waals surface area contributed by atoms with E-state index in [1.165, 1.54) is 0 Å². The molecule has 1 aliphatic heterocycles. The normalized spacial score (nSPS) is 14.8. The van der Waals surface area contributed by atoms with Crippen molar-refractivity contribution in [3.63, 3.8) is 0 Å². The van der Waals surface area contributed by atoms with Gasteiger partial charge in [0.05, 0.1) is 27.6 Å². The average Bonchev–Trinajstić information content (AvgIpc) is 3.48. The highest BCUT2D eigenvalue weighted by Crippen LogP contribution is 2.32. The number of amides is 1. The minimum Gasteiger partial charge on any atom is -0.444 e. The molecule has 0 saturated carbocycles. The van der Waals surface area contributed by atoms with Gasteiger partial charge in [-0.2, -0.15) is 8.78 Å². The number of imidazole rings is 1. The molecule has 1 amide bonds. The van der Waals surface area contributed by atoms with Gasteiger partial charge in [0.2, 0.25) is 5.89 Å². The highest BCUT2D eigenvalue weighted by atomic mass is 35.5. The first kappa shape index (κ1) is 28.1. The van der Waals surface area contributed by atoms with Crippen LogP contribution in [0.25, 0.3) is 22.5 Å². The molecular formula is C27H27Cl2F2N5O4. The lowest BCUT2D eigenvalue weighted by atomic mass is 10.0. The van der Waals surface area contributed by atoms with Crippen molar-refractivity contribution >= 4 is 40.3 Å². The summed E-state index contributed by atoms with van der Waals surface area (Å²) in [5.41, 5.74) is 1.71. The van der Waals surface area contributed by atoms with E-state index in [0.717, 1.165) is 5.56 Å². The van der Waals surface area contributed by atoms with Crippen LogP contribution >= 0.6 is 23.2 Å². The number of halogens is 4. The first-order valence-electron chi connectivity index (χ1n) is 12.7. The van der Waals surface area contributed by atoms with E-state index in [1.54, 1.807) is 50.4 Å². The van der Waals surface area contributed by atoms with Crippen molar-refractivity contribution in [1.29, 1.82) is 0 Å². The zero-order valence-electron chi connectivity index (χ0n) is 22.0. The Balaban J connectivity index is 1.42. The molecule has 9 nitrogen and oxygen atoms in total. The molecule has 0 radical (unpaired) electrons. The first-order valence-corrected chi connectivity index (χ1v) is 13.5. The van der Waals surface area contributed by atoms with E-state index < -0.39 is 17.9 Å². The molecule has 0 bridgehead atoms. The number of carbonyl (C=O) groups excluding carboxylic acids is 1. The molecule has 0 spiro atoms. The number of likely N-dealkylation sites (tertiary alicyclic amines) is 1. The zero-order valence-corrected chi connectivity index (χ0v) is 23.5. The number of piperidine rings is 1. The van der Waals surface area contributed by atoms with Gasteiger partial charge < -0.3 is 14.1 Å². The van der Waals surface area contributed by atoms with Gasteiger partial charge in [-0.15, -0.1) is 10.2 Å². The van der Waals surface area contributed by atoms with Gasteiger partial charge in [-0.1, -0.05) is 35.3 Å². The van der Waals surface area contributed by atoms with Gasteiger partial charge in [0.1, 0.15) is 5.60 Å². The predicted octanol–water partition coefficient (Wildman–Crippen LogP) is 6.72. The lowest BCUT2D eigenvalue weighted by Crippen LogP contribution is -2.43. The summed E-state index contributed by atoms with van der Waals surface area (Å²) >= 11 is 12.7. The summed E-state index contributed by atoms with van der Waals surface area (Å²) in [4.78, 5) is 28.0. The van der Waals surface area contributed by atoms with Crippen LogP contribution in [-0.2, 0) is 11.3 Å². The topological polar surface area (TPSA) is 95.4 Å². The number of rotatable bonds is 5. The minimum absolute atomic E-state index is 0.0187. The van der Waals surface area contributed by atoms with E-state index in [9.17, 15) is 18.4 Å². The fourth-order valence-corrected chi connectivity index (χ4v) is 5.10. The van der Waals surface area contributed by atoms with Crippen LogP contribution in [0.1, 0.15) is 57.5 Å². The van der Waals surface area contributed by atoms with Gasteiger partial charge in [0.25, 0.3) is 5.89 Å². The van der Waals surface area contributed by atoms with Crippen molar-refractivity contribution in [2.75, 3.05) is 13.1 Å². The molecular weight excluding hydrogens is 567 g/mol. The summed E-state index contributed by atoms with van der Waals surface area (Å²) < 4.78 is 39.5. The second kappa shape index (κ2) is 10.9. The van der Waals surface area contributed by atoms with Crippen LogP contribution in [0.4, 0.5) is 13.6 Å². The fraction of sp³-hybridized carbons (Fsp3) is 0.407. The Hall–Kier alpha value is -3.44. The van der Waals surface area contributed by atoms with Crippen molar-refractivity contribution in [1.82, 2.24) is 24.2 Å². The smallest absolute Gasteiger partial charge is 0.410 e. The maximum Gasteiger partial charge on any atom is 0.410 e. The predicted molar refractivity (Wildman–Crippen MR) is 146 cm³/mol. The Morgan fingerprint density at radius 2 is 1.70 bits per heavy atom. The molecule has 0 aliphatic carbocycles. The van der Waals surface area contributed by atoms with Crippen LogP contribution in [0.3, 0.4) is 0 Å². The molecule has 40 heavy (non-hydrogen) atoms. The van der Waals surface area contributed by atoms with Gasteiger partial charge in [-0.25, -0.2) is 9.59 Å². The molecule has 2 aromatic carbocycles. The summed E-state index contributed by atoms with van der Waals surface area (Å²) in [5.74, 6) is -0.763. The van der Waals surface area contributed by atoms with Crippen LogP contribution in [0, 0.1) is 0 Å². The lowest BCUT2D eigenvalue weighted by molar-refractivity contribution is 0.0188. The molecule has 13 heteroatoms. The Bertz CT molecular complexity index is 1600. The third kappa shape index (κ3) is 5.71. The summed E-state index contributed by atoms with van der Waals surface area (Å²) in [6, 6.07) is 10.1. The summed E-state index contributed by atoms with van der Waals surface area (Å²) in [6.45, 7) is 6.59. The minimum atomic E-state index is -2.85. The molecule has 4 aromatic rings. The number of hydrogen-bond acceptors (Lipinski definition) is 6. The Kier molecular flexibility index (Phi) is 7.62. The number of carbonyl (C=O) groups is 1. The van der Waals surface area contributed by atoms with Gasteiger partial charge >= 0.3 is 18.2 Å². The van der Waals surface area contributed by atoms with Crippen molar-refractivity contribution < 1.29 is 22.7 Å². The number of aromatic nitrogens is 4. The molecule has 2 aromatic heterocycles. The second-order valence-electron chi connectivity index (χ2n) is 10.6. The maximum absolute atomic E-state index is 13.8. The van der Waals surface area contributed by atoms with Crippen molar-refractivity contribution in [2.45, 2.75) is 58.2 Å². The van der Waals surface area contributed by atoms with Gasteiger partial charge in [-0.3, -0.25) is 9.13 Å². The van der Waals surface area contributed by atoms with Crippen LogP contribution in [0.5, 0.6) is 0 Å². The summed E-state index contributed by atoms with van der Waals surface area (Å²) in [5, 5.41) is 7.67. The number of benzene rings is 2. The lowest BCUT2D eigenvalue weighted by Gasteiger charge is -2.33. The van der Waals surface area contributed by atoms with Crippen molar-refractivity contribution in [3.05, 3.63) is 68.4 Å². The molecule has 0 N–H and O–H groups in total. The maximum atomic E-state index is 13.8. The first-order chi connectivity index (χ1) is 18.9. The second-order valence-corrected chi connectivity index (χ2v) is 11.4. The van der Waals surface area contributed by atoms with Crippen LogP contribution in [0.2, 0.25) is 10.0 Å². The van der Waals surface area contributed by atoms with E-state index in [1.807, 2.05) is 20.8 Å². The van der Waals surface area contributed by atoms with Crippen LogP contribution in [0.15, 0.2) is 45.6 Å². The van der Waals surface area contributed by atoms with Crippen molar-refractivity contribution in [2.24, 2.45) is 0 Å². The van der Waals surface area contributed by atoms with E-state index >= 15 is 0 Å². The van der Waals surface area contributed by atoms with Gasteiger partial charge in [0.15, 0.2) is 0 Å². The molecule has 3 heterocycles. The Morgan fingerprint density at radius 3 is 2.27 bits per heavy atom. The molecule has 1 saturated heterocycles. The number of ether oxygens (including phenoxy) is 1. The Labute approximate surface area is 238 Å². The van der Waals surface area contributed by atoms with Gasteiger partial charge in [0, 0.05) is 24.7 Å². The largest absolute Gasteiger partial charge is 0.444 e. The SMILES string of the molecule is CC(C)(C)OC(=O)N1CCC(n2c(=O)n(Cc3ccc(-c4nnc(C(F)F)o4)cc3)c3cc(Cl)c(Cl)cc32)CC1. The summed E-state index contributed by atoms with van der Waals surface area (Å²) in [6.07, 6.45) is -2.09. The highest BCUT2D eigenvalue weighted by Gasteiger charge is 2.30. The monoisotopic (exact) mass is 593 g/mol. The molecule has 1 aliphatic rings. The standard InChI is InChI=1S/C27H27Cl2F2N5O4/c1-27(2,3)40-26(38)34-10-8-17(9-11-34)36-21-13-19(29)18(28)12-20(21)35(25(36)37)14-15-4-6-16(7-5-15)23-32-33-24(39-23)22(30)31/h4-7,12-13,17,22H,8-11,14H2,1-3H3. The van der Waals surface area contributed by atoms with Crippen LogP contribution in [-0.4, -0.2) is 49.0 Å². The van der Waals surface area contributed by atoms with E-state index in [-0.39, 0.29) is 30.3 Å². The van der Waals surface area contributed by atoms with E-state index in [2.05, 4.69) is 10.2 Å². The number of nitrogens with zero attached hydrogens (tertiary/aromatic N) is 5. The molecule has 5 rings (SSSR count). The summed E-state index contributed by atoms with van der Waals surface area (Å²) in [7, 11) is 0. The number of hydrogen-bond donors (Lipinski definition) is 0. The third-order valence-electron chi connectivity index (χ3n) is 6.65. The third-order valence-corrected chi connectivity index (χ3v) is 7.38. The molecule has 1 fully saturated rings.